The molecule has 3 rings (SSSR count). The molecule has 0 aliphatic rings. The van der Waals surface area contributed by atoms with E-state index in [4.69, 9.17) is 9.47 Å². The van der Waals surface area contributed by atoms with Gasteiger partial charge in [-0.1, -0.05) is 30.3 Å². The fourth-order valence-electron chi connectivity index (χ4n) is 3.25. The highest BCUT2D eigenvalue weighted by molar-refractivity contribution is 5.84. The summed E-state index contributed by atoms with van der Waals surface area (Å²) in [6, 6.07) is 17.9. The van der Waals surface area contributed by atoms with Crippen LogP contribution in [0.3, 0.4) is 0 Å². The quantitative estimate of drug-likeness (QED) is 0.477. The van der Waals surface area contributed by atoms with Gasteiger partial charge in [-0.25, -0.2) is 9.48 Å². The van der Waals surface area contributed by atoms with E-state index in [1.54, 1.807) is 38.3 Å². The lowest BCUT2D eigenvalue weighted by molar-refractivity contribution is -0.122. The first-order chi connectivity index (χ1) is 16.5. The molecule has 0 aliphatic heterocycles. The molecule has 0 bridgehead atoms. The predicted molar refractivity (Wildman–Crippen MR) is 128 cm³/mol. The maximum absolute atomic E-state index is 12.4. The highest BCUT2D eigenvalue weighted by atomic mass is 16.5. The van der Waals surface area contributed by atoms with E-state index in [1.165, 1.54) is 10.7 Å². The van der Waals surface area contributed by atoms with Crippen molar-refractivity contribution in [1.29, 1.82) is 0 Å². The molecule has 0 spiro atoms. The van der Waals surface area contributed by atoms with Gasteiger partial charge in [0.2, 0.25) is 5.91 Å². The maximum Gasteiger partial charge on any atom is 0.411 e. The average Bonchev–Trinajstić information content (AvgIpc) is 2.83. The van der Waals surface area contributed by atoms with Crippen molar-refractivity contribution in [2.75, 3.05) is 25.6 Å². The summed E-state index contributed by atoms with van der Waals surface area (Å²) in [7, 11) is 1.56. The van der Waals surface area contributed by atoms with Crippen molar-refractivity contribution in [3.8, 4) is 11.3 Å². The van der Waals surface area contributed by atoms with Gasteiger partial charge in [0.15, 0.2) is 0 Å². The van der Waals surface area contributed by atoms with E-state index in [9.17, 15) is 14.4 Å². The fourth-order valence-corrected chi connectivity index (χ4v) is 3.25. The number of methoxy groups -OCH3 is 1. The Morgan fingerprint density at radius 2 is 1.82 bits per heavy atom. The zero-order valence-electron chi connectivity index (χ0n) is 19.2. The minimum atomic E-state index is -0.535. The second kappa shape index (κ2) is 12.3. The van der Waals surface area contributed by atoms with Crippen molar-refractivity contribution in [2.45, 2.75) is 26.4 Å². The number of hydrogen-bond donors (Lipinski definition) is 2. The Bertz CT molecular complexity index is 1190. The summed E-state index contributed by atoms with van der Waals surface area (Å²) >= 11 is 0. The van der Waals surface area contributed by atoms with E-state index < -0.39 is 6.09 Å². The molecule has 0 fully saturated rings. The third kappa shape index (κ3) is 7.28. The Balaban J connectivity index is 1.74. The number of nitrogens with one attached hydrogen (secondary N) is 2. The van der Waals surface area contributed by atoms with E-state index in [0.717, 1.165) is 16.7 Å². The second-order valence-corrected chi connectivity index (χ2v) is 7.48. The molecule has 34 heavy (non-hydrogen) atoms. The van der Waals surface area contributed by atoms with Gasteiger partial charge in [0.05, 0.1) is 25.5 Å². The predicted octanol–water partition coefficient (Wildman–Crippen LogP) is 3.18. The summed E-state index contributed by atoms with van der Waals surface area (Å²) in [5.41, 5.74) is 3.51. The molecule has 1 aromatic heterocycles. The standard InChI is InChI=1S/C25H28N4O5/c1-3-34-25(32)27-21-9-5-7-19(15-21)17-29-24(31)11-10-22(28-29)20-8-4-6-18(14-20)16-26-23(30)12-13-33-2/h4-11,14-15H,3,12-13,16-17H2,1-2H3,(H,26,30)(H,27,32). The maximum atomic E-state index is 12.4. The van der Waals surface area contributed by atoms with Crippen LogP contribution in [-0.2, 0) is 27.4 Å². The minimum Gasteiger partial charge on any atom is -0.450 e. The molecule has 0 unspecified atom stereocenters. The molecular weight excluding hydrogens is 436 g/mol. The Hall–Kier alpha value is -3.98. The number of anilines is 1. The lowest BCUT2D eigenvalue weighted by Gasteiger charge is -2.11. The number of hydrogen-bond acceptors (Lipinski definition) is 6. The van der Waals surface area contributed by atoms with Crippen molar-refractivity contribution < 1.29 is 19.1 Å². The van der Waals surface area contributed by atoms with Crippen LogP contribution in [0.15, 0.2) is 65.5 Å². The van der Waals surface area contributed by atoms with E-state index in [1.807, 2.05) is 30.3 Å². The number of carbonyl (C=O) groups is 2. The van der Waals surface area contributed by atoms with Gasteiger partial charge in [0.25, 0.3) is 5.56 Å². The number of amides is 2. The van der Waals surface area contributed by atoms with Crippen LogP contribution in [0.25, 0.3) is 11.3 Å². The zero-order chi connectivity index (χ0) is 24.3. The first kappa shape index (κ1) is 24.7. The molecular formula is C25H28N4O5. The van der Waals surface area contributed by atoms with Gasteiger partial charge in [-0.05, 0) is 42.3 Å². The summed E-state index contributed by atoms with van der Waals surface area (Å²) in [6.45, 7) is 3.00. The summed E-state index contributed by atoms with van der Waals surface area (Å²) in [4.78, 5) is 35.9. The fraction of sp³-hybridized carbons (Fsp3) is 0.280. The molecule has 9 heteroatoms. The number of benzene rings is 2. The Labute approximate surface area is 197 Å². The lowest BCUT2D eigenvalue weighted by atomic mass is 10.1. The molecule has 0 aliphatic carbocycles. The Morgan fingerprint density at radius 3 is 2.62 bits per heavy atom. The van der Waals surface area contributed by atoms with Crippen LogP contribution >= 0.6 is 0 Å². The van der Waals surface area contributed by atoms with Gasteiger partial charge in [-0.15, -0.1) is 0 Å². The van der Waals surface area contributed by atoms with Gasteiger partial charge in [-0.2, -0.15) is 5.10 Å². The zero-order valence-corrected chi connectivity index (χ0v) is 19.2. The Morgan fingerprint density at radius 1 is 1.03 bits per heavy atom. The van der Waals surface area contributed by atoms with Crippen molar-refractivity contribution in [3.05, 3.63) is 82.1 Å². The molecule has 0 radical (unpaired) electrons. The second-order valence-electron chi connectivity index (χ2n) is 7.48. The van der Waals surface area contributed by atoms with Crippen LogP contribution in [0.4, 0.5) is 10.5 Å². The smallest absolute Gasteiger partial charge is 0.411 e. The molecule has 3 aromatic rings. The van der Waals surface area contributed by atoms with Crippen LogP contribution in [-0.4, -0.2) is 42.1 Å². The number of nitrogens with zero attached hydrogens (tertiary/aromatic N) is 2. The van der Waals surface area contributed by atoms with Crippen molar-refractivity contribution in [1.82, 2.24) is 15.1 Å². The minimum absolute atomic E-state index is 0.0846. The largest absolute Gasteiger partial charge is 0.450 e. The topological polar surface area (TPSA) is 112 Å². The van der Waals surface area contributed by atoms with E-state index >= 15 is 0 Å². The monoisotopic (exact) mass is 464 g/mol. The number of aromatic nitrogens is 2. The molecule has 178 valence electrons. The van der Waals surface area contributed by atoms with Crippen LogP contribution in [0, 0.1) is 0 Å². The van der Waals surface area contributed by atoms with Crippen molar-refractivity contribution in [2.24, 2.45) is 0 Å². The first-order valence-corrected chi connectivity index (χ1v) is 10.9. The number of rotatable bonds is 10. The summed E-state index contributed by atoms with van der Waals surface area (Å²) < 4.78 is 11.2. The number of carbonyl (C=O) groups excluding carboxylic acids is 2. The lowest BCUT2D eigenvalue weighted by Crippen LogP contribution is -2.24. The SMILES string of the molecule is CCOC(=O)Nc1cccc(Cn2nc(-c3cccc(CNC(=O)CCOC)c3)ccc2=O)c1. The van der Waals surface area contributed by atoms with Crippen LogP contribution < -0.4 is 16.2 Å². The van der Waals surface area contributed by atoms with Gasteiger partial charge in [0, 0.05) is 37.4 Å². The highest BCUT2D eigenvalue weighted by Crippen LogP contribution is 2.18. The van der Waals surface area contributed by atoms with Crippen LogP contribution in [0.5, 0.6) is 0 Å². The van der Waals surface area contributed by atoms with E-state index in [2.05, 4.69) is 15.7 Å². The molecule has 0 saturated heterocycles. The molecule has 0 saturated carbocycles. The molecule has 9 nitrogen and oxygen atoms in total. The molecule has 2 amide bonds. The van der Waals surface area contributed by atoms with Crippen LogP contribution in [0.1, 0.15) is 24.5 Å². The van der Waals surface area contributed by atoms with Gasteiger partial charge < -0.3 is 14.8 Å². The summed E-state index contributed by atoms with van der Waals surface area (Å²) in [5.74, 6) is -0.0846. The molecule has 1 heterocycles. The van der Waals surface area contributed by atoms with E-state index in [0.29, 0.717) is 31.0 Å². The first-order valence-electron chi connectivity index (χ1n) is 10.9. The molecule has 0 atom stereocenters. The summed E-state index contributed by atoms with van der Waals surface area (Å²) in [6.07, 6.45) is -0.231. The van der Waals surface area contributed by atoms with Gasteiger partial charge >= 0.3 is 6.09 Å². The van der Waals surface area contributed by atoms with Crippen molar-refractivity contribution >= 4 is 17.7 Å². The third-order valence-corrected chi connectivity index (χ3v) is 4.89. The van der Waals surface area contributed by atoms with E-state index in [-0.39, 0.29) is 24.6 Å². The average molecular weight is 465 g/mol. The summed E-state index contributed by atoms with van der Waals surface area (Å²) in [5, 5.41) is 10.0. The van der Waals surface area contributed by atoms with Crippen molar-refractivity contribution in [3.63, 3.8) is 0 Å². The van der Waals surface area contributed by atoms with Gasteiger partial charge in [-0.3, -0.25) is 14.9 Å². The van der Waals surface area contributed by atoms with Gasteiger partial charge in [0.1, 0.15) is 0 Å². The third-order valence-electron chi connectivity index (χ3n) is 4.89. The highest BCUT2D eigenvalue weighted by Gasteiger charge is 2.08. The molecule has 2 aromatic carbocycles. The Kier molecular flexibility index (Phi) is 8.93. The van der Waals surface area contributed by atoms with Crippen LogP contribution in [0.2, 0.25) is 0 Å². The molecule has 2 N–H and O–H groups in total. The number of ether oxygens (including phenoxy) is 2. The normalized spacial score (nSPS) is 10.5.